The molecular formula is C20H24N4O4. The van der Waals surface area contributed by atoms with Crippen molar-refractivity contribution in [2.75, 3.05) is 17.2 Å². The van der Waals surface area contributed by atoms with E-state index in [1.807, 2.05) is 0 Å². The molecule has 0 bridgehead atoms. The number of carbonyl (C=O) groups is 3. The Balaban J connectivity index is 1.82. The van der Waals surface area contributed by atoms with E-state index in [2.05, 4.69) is 20.9 Å². The second-order valence-corrected chi connectivity index (χ2v) is 6.98. The van der Waals surface area contributed by atoms with Crippen LogP contribution in [0.15, 0.2) is 48.7 Å². The highest BCUT2D eigenvalue weighted by Crippen LogP contribution is 2.16. The van der Waals surface area contributed by atoms with Gasteiger partial charge in [-0.2, -0.15) is 0 Å². The molecule has 8 nitrogen and oxygen atoms in total. The van der Waals surface area contributed by atoms with Crippen LogP contribution in [0.5, 0.6) is 0 Å². The van der Waals surface area contributed by atoms with Crippen LogP contribution in [-0.4, -0.2) is 35.0 Å². The first-order valence-electron chi connectivity index (χ1n) is 8.82. The SMILES string of the molecule is CC(C)(C)OC(=O)NCCC(=O)Nc1cccc(NC(=O)c2ccccn2)c1. The summed E-state index contributed by atoms with van der Waals surface area (Å²) in [6.45, 7) is 5.44. The summed E-state index contributed by atoms with van der Waals surface area (Å²) in [4.78, 5) is 39.7. The van der Waals surface area contributed by atoms with Crippen molar-refractivity contribution >= 4 is 29.3 Å². The molecule has 0 spiro atoms. The standard InChI is InChI=1S/C20H24N4O4/c1-20(2,3)28-19(27)22-12-10-17(25)23-14-7-6-8-15(13-14)24-18(26)16-9-4-5-11-21-16/h4-9,11,13H,10,12H2,1-3H3,(H,22,27)(H,23,25)(H,24,26). The van der Waals surface area contributed by atoms with Crippen LogP contribution in [0.1, 0.15) is 37.7 Å². The summed E-state index contributed by atoms with van der Waals surface area (Å²) in [5.41, 5.74) is 0.763. The lowest BCUT2D eigenvalue weighted by Gasteiger charge is -2.19. The van der Waals surface area contributed by atoms with E-state index in [0.717, 1.165) is 0 Å². The number of anilines is 2. The fourth-order valence-corrected chi connectivity index (χ4v) is 2.18. The van der Waals surface area contributed by atoms with Crippen LogP contribution in [0.2, 0.25) is 0 Å². The molecule has 2 aromatic rings. The minimum Gasteiger partial charge on any atom is -0.444 e. The first-order valence-corrected chi connectivity index (χ1v) is 8.82. The summed E-state index contributed by atoms with van der Waals surface area (Å²) < 4.78 is 5.10. The first kappa shape index (κ1) is 20.9. The summed E-state index contributed by atoms with van der Waals surface area (Å²) >= 11 is 0. The normalized spacial score (nSPS) is 10.7. The van der Waals surface area contributed by atoms with E-state index in [1.54, 1.807) is 63.2 Å². The highest BCUT2D eigenvalue weighted by atomic mass is 16.6. The molecule has 2 rings (SSSR count). The molecule has 1 aromatic carbocycles. The smallest absolute Gasteiger partial charge is 0.407 e. The van der Waals surface area contributed by atoms with Crippen LogP contribution >= 0.6 is 0 Å². The average Bonchev–Trinajstić information content (AvgIpc) is 2.61. The van der Waals surface area contributed by atoms with Crippen LogP contribution in [0.3, 0.4) is 0 Å². The molecular weight excluding hydrogens is 360 g/mol. The van der Waals surface area contributed by atoms with Gasteiger partial charge in [-0.15, -0.1) is 0 Å². The number of benzene rings is 1. The van der Waals surface area contributed by atoms with E-state index < -0.39 is 11.7 Å². The van der Waals surface area contributed by atoms with E-state index in [4.69, 9.17) is 4.74 Å². The Hall–Kier alpha value is -3.42. The average molecular weight is 384 g/mol. The maximum atomic E-state index is 12.1. The molecule has 8 heteroatoms. The molecule has 0 radical (unpaired) electrons. The molecule has 1 aromatic heterocycles. The van der Waals surface area contributed by atoms with Crippen molar-refractivity contribution in [2.24, 2.45) is 0 Å². The van der Waals surface area contributed by atoms with Crippen molar-refractivity contribution in [3.05, 3.63) is 54.4 Å². The molecule has 0 saturated heterocycles. The second kappa shape index (κ2) is 9.50. The second-order valence-electron chi connectivity index (χ2n) is 6.98. The Labute approximate surface area is 163 Å². The lowest BCUT2D eigenvalue weighted by Crippen LogP contribution is -2.34. The molecule has 0 saturated carbocycles. The number of nitrogens with one attached hydrogen (secondary N) is 3. The van der Waals surface area contributed by atoms with E-state index >= 15 is 0 Å². The van der Waals surface area contributed by atoms with E-state index in [0.29, 0.717) is 17.1 Å². The van der Waals surface area contributed by atoms with Gasteiger partial charge in [0, 0.05) is 30.5 Å². The van der Waals surface area contributed by atoms with Gasteiger partial charge in [0.2, 0.25) is 5.91 Å². The summed E-state index contributed by atoms with van der Waals surface area (Å²) in [6, 6.07) is 11.8. The van der Waals surface area contributed by atoms with Gasteiger partial charge in [0.1, 0.15) is 11.3 Å². The summed E-state index contributed by atoms with van der Waals surface area (Å²) in [5, 5.41) is 7.97. The van der Waals surface area contributed by atoms with Crippen molar-refractivity contribution in [1.29, 1.82) is 0 Å². The van der Waals surface area contributed by atoms with Gasteiger partial charge in [0.25, 0.3) is 5.91 Å². The monoisotopic (exact) mass is 384 g/mol. The molecule has 3 N–H and O–H groups in total. The Bertz CT molecular complexity index is 832. The maximum absolute atomic E-state index is 12.1. The number of ether oxygens (including phenoxy) is 1. The topological polar surface area (TPSA) is 109 Å². The van der Waals surface area contributed by atoms with Crippen molar-refractivity contribution in [3.63, 3.8) is 0 Å². The summed E-state index contributed by atoms with van der Waals surface area (Å²) in [5.74, 6) is -0.616. The zero-order chi connectivity index (χ0) is 20.6. The van der Waals surface area contributed by atoms with Crippen molar-refractivity contribution in [1.82, 2.24) is 10.3 Å². The lowest BCUT2D eigenvalue weighted by molar-refractivity contribution is -0.116. The fraction of sp³-hybridized carbons (Fsp3) is 0.300. The van der Waals surface area contributed by atoms with Crippen molar-refractivity contribution < 1.29 is 19.1 Å². The van der Waals surface area contributed by atoms with Gasteiger partial charge in [-0.25, -0.2) is 4.79 Å². The molecule has 0 aliphatic carbocycles. The van der Waals surface area contributed by atoms with Crippen LogP contribution in [0.25, 0.3) is 0 Å². The maximum Gasteiger partial charge on any atom is 0.407 e. The van der Waals surface area contributed by atoms with E-state index in [9.17, 15) is 14.4 Å². The number of alkyl carbamates (subject to hydrolysis) is 1. The van der Waals surface area contributed by atoms with Gasteiger partial charge in [-0.1, -0.05) is 12.1 Å². The van der Waals surface area contributed by atoms with E-state index in [1.165, 1.54) is 6.20 Å². The molecule has 0 aliphatic rings. The number of rotatable bonds is 6. The number of aromatic nitrogens is 1. The van der Waals surface area contributed by atoms with Gasteiger partial charge < -0.3 is 20.7 Å². The Morgan fingerprint density at radius 2 is 1.71 bits per heavy atom. The quantitative estimate of drug-likeness (QED) is 0.709. The number of amides is 3. The largest absolute Gasteiger partial charge is 0.444 e. The highest BCUT2D eigenvalue weighted by Gasteiger charge is 2.16. The van der Waals surface area contributed by atoms with Crippen molar-refractivity contribution in [2.45, 2.75) is 32.8 Å². The van der Waals surface area contributed by atoms with E-state index in [-0.39, 0.29) is 24.8 Å². The van der Waals surface area contributed by atoms with Crippen LogP contribution in [0.4, 0.5) is 16.2 Å². The zero-order valence-corrected chi connectivity index (χ0v) is 16.1. The summed E-state index contributed by atoms with van der Waals surface area (Å²) in [6.07, 6.45) is 1.06. The fourth-order valence-electron chi connectivity index (χ4n) is 2.18. The molecule has 1 heterocycles. The predicted octanol–water partition coefficient (Wildman–Crippen LogP) is 3.19. The first-order chi connectivity index (χ1) is 13.2. The van der Waals surface area contributed by atoms with Crippen LogP contribution in [-0.2, 0) is 9.53 Å². The Kier molecular flexibility index (Phi) is 7.08. The number of pyridine rings is 1. The minimum atomic E-state index is -0.591. The molecule has 0 unspecified atom stereocenters. The molecule has 28 heavy (non-hydrogen) atoms. The van der Waals surface area contributed by atoms with Crippen LogP contribution < -0.4 is 16.0 Å². The van der Waals surface area contributed by atoms with Gasteiger partial charge in [-0.05, 0) is 51.1 Å². The number of hydrogen-bond donors (Lipinski definition) is 3. The number of nitrogens with zero attached hydrogens (tertiary/aromatic N) is 1. The number of carbonyl (C=O) groups excluding carboxylic acids is 3. The zero-order valence-electron chi connectivity index (χ0n) is 16.1. The molecule has 0 atom stereocenters. The van der Waals surface area contributed by atoms with Crippen molar-refractivity contribution in [3.8, 4) is 0 Å². The third-order valence-corrected chi connectivity index (χ3v) is 3.32. The van der Waals surface area contributed by atoms with Gasteiger partial charge in [-0.3, -0.25) is 14.6 Å². The third kappa shape index (κ3) is 7.45. The minimum absolute atomic E-state index is 0.0871. The lowest BCUT2D eigenvalue weighted by atomic mass is 10.2. The number of hydrogen-bond acceptors (Lipinski definition) is 5. The van der Waals surface area contributed by atoms with Gasteiger partial charge in [0.05, 0.1) is 0 Å². The predicted molar refractivity (Wildman–Crippen MR) is 106 cm³/mol. The Morgan fingerprint density at radius 1 is 1.00 bits per heavy atom. The molecule has 148 valence electrons. The third-order valence-electron chi connectivity index (χ3n) is 3.32. The van der Waals surface area contributed by atoms with Gasteiger partial charge >= 0.3 is 6.09 Å². The van der Waals surface area contributed by atoms with Crippen LogP contribution in [0, 0.1) is 0 Å². The molecule has 0 aliphatic heterocycles. The van der Waals surface area contributed by atoms with Gasteiger partial charge in [0.15, 0.2) is 0 Å². The molecule has 3 amide bonds. The summed E-state index contributed by atoms with van der Waals surface area (Å²) in [7, 11) is 0. The molecule has 0 fully saturated rings. The highest BCUT2D eigenvalue weighted by molar-refractivity contribution is 6.03. The Morgan fingerprint density at radius 3 is 2.36 bits per heavy atom.